The number of benzene rings is 1. The van der Waals surface area contributed by atoms with E-state index in [-0.39, 0.29) is 0 Å². The van der Waals surface area contributed by atoms with Crippen molar-refractivity contribution in [3.8, 4) is 0 Å². The Labute approximate surface area is 102 Å². The number of hydrogen-bond donors (Lipinski definition) is 1. The molecule has 1 heterocycles. The molecule has 17 heavy (non-hydrogen) atoms. The molecule has 0 saturated heterocycles. The SMILES string of the molecule is ON=C1CCN(CC2CCC2)c2ccccc21. The van der Waals surface area contributed by atoms with E-state index in [1.165, 1.54) is 24.9 Å². The first-order valence-corrected chi connectivity index (χ1v) is 6.44. The monoisotopic (exact) mass is 230 g/mol. The van der Waals surface area contributed by atoms with Crippen LogP contribution in [0.15, 0.2) is 29.4 Å². The number of anilines is 1. The van der Waals surface area contributed by atoms with Crippen molar-refractivity contribution in [2.75, 3.05) is 18.0 Å². The predicted octanol–water partition coefficient (Wildman–Crippen LogP) is 2.88. The van der Waals surface area contributed by atoms with Gasteiger partial charge in [-0.2, -0.15) is 0 Å². The van der Waals surface area contributed by atoms with Gasteiger partial charge < -0.3 is 10.1 Å². The summed E-state index contributed by atoms with van der Waals surface area (Å²) in [5.74, 6) is 0.871. The second-order valence-corrected chi connectivity index (χ2v) is 5.06. The van der Waals surface area contributed by atoms with E-state index in [0.29, 0.717) is 0 Å². The highest BCUT2D eigenvalue weighted by atomic mass is 16.4. The summed E-state index contributed by atoms with van der Waals surface area (Å²) in [5, 5.41) is 12.5. The Kier molecular flexibility index (Phi) is 2.75. The van der Waals surface area contributed by atoms with Crippen molar-refractivity contribution in [2.24, 2.45) is 11.1 Å². The number of oxime groups is 1. The van der Waals surface area contributed by atoms with Gasteiger partial charge in [-0.05, 0) is 24.8 Å². The van der Waals surface area contributed by atoms with E-state index in [0.717, 1.165) is 36.7 Å². The summed E-state index contributed by atoms with van der Waals surface area (Å²) < 4.78 is 0. The fourth-order valence-electron chi connectivity index (χ4n) is 2.77. The normalized spacial score (nSPS) is 22.4. The molecular weight excluding hydrogens is 212 g/mol. The second kappa shape index (κ2) is 4.40. The minimum absolute atomic E-state index is 0.824. The molecule has 0 radical (unpaired) electrons. The molecule has 1 N–H and O–H groups in total. The lowest BCUT2D eigenvalue weighted by atomic mass is 9.84. The van der Waals surface area contributed by atoms with E-state index in [1.54, 1.807) is 0 Å². The van der Waals surface area contributed by atoms with Crippen molar-refractivity contribution in [2.45, 2.75) is 25.7 Å². The maximum absolute atomic E-state index is 9.03. The first-order chi connectivity index (χ1) is 8.38. The Balaban J connectivity index is 1.87. The van der Waals surface area contributed by atoms with Gasteiger partial charge >= 0.3 is 0 Å². The Morgan fingerprint density at radius 1 is 1.29 bits per heavy atom. The zero-order valence-corrected chi connectivity index (χ0v) is 9.97. The molecule has 2 aliphatic rings. The average Bonchev–Trinajstić information content (AvgIpc) is 2.33. The van der Waals surface area contributed by atoms with Gasteiger partial charge in [0.2, 0.25) is 0 Å². The first kappa shape index (κ1) is 10.6. The van der Waals surface area contributed by atoms with E-state index in [1.807, 2.05) is 6.07 Å². The van der Waals surface area contributed by atoms with Crippen molar-refractivity contribution < 1.29 is 5.21 Å². The van der Waals surface area contributed by atoms with Crippen LogP contribution in [0.3, 0.4) is 0 Å². The van der Waals surface area contributed by atoms with Crippen LogP contribution in [0.2, 0.25) is 0 Å². The minimum Gasteiger partial charge on any atom is -0.411 e. The van der Waals surface area contributed by atoms with Crippen molar-refractivity contribution in [1.29, 1.82) is 0 Å². The standard InChI is InChI=1S/C14H18N2O/c17-15-13-8-9-16(10-11-4-3-5-11)14-7-2-1-6-12(13)14/h1-2,6-7,11,17H,3-5,8-10H2. The fourth-order valence-corrected chi connectivity index (χ4v) is 2.77. The first-order valence-electron chi connectivity index (χ1n) is 6.44. The lowest BCUT2D eigenvalue weighted by molar-refractivity contribution is 0.313. The molecule has 0 atom stereocenters. The molecule has 1 aliphatic heterocycles. The van der Waals surface area contributed by atoms with E-state index in [2.05, 4.69) is 28.3 Å². The molecule has 3 rings (SSSR count). The van der Waals surface area contributed by atoms with Crippen LogP contribution >= 0.6 is 0 Å². The third-order valence-corrected chi connectivity index (χ3v) is 4.00. The van der Waals surface area contributed by atoms with Crippen LogP contribution in [0, 0.1) is 5.92 Å². The maximum atomic E-state index is 9.03. The van der Waals surface area contributed by atoms with Crippen LogP contribution in [-0.4, -0.2) is 24.0 Å². The lowest BCUT2D eigenvalue weighted by Gasteiger charge is -2.37. The summed E-state index contributed by atoms with van der Waals surface area (Å²) >= 11 is 0. The van der Waals surface area contributed by atoms with Gasteiger partial charge in [0.25, 0.3) is 0 Å². The number of rotatable bonds is 2. The maximum Gasteiger partial charge on any atom is 0.0906 e. The molecule has 1 aromatic carbocycles. The summed E-state index contributed by atoms with van der Waals surface area (Å²) in [6.07, 6.45) is 4.99. The van der Waals surface area contributed by atoms with Gasteiger partial charge in [0, 0.05) is 30.8 Å². The highest BCUT2D eigenvalue weighted by Gasteiger charge is 2.26. The summed E-state index contributed by atoms with van der Waals surface area (Å²) in [7, 11) is 0. The molecule has 1 saturated carbocycles. The molecule has 1 aliphatic carbocycles. The second-order valence-electron chi connectivity index (χ2n) is 5.06. The fraction of sp³-hybridized carbons (Fsp3) is 0.500. The Hall–Kier alpha value is -1.51. The van der Waals surface area contributed by atoms with Gasteiger partial charge in [-0.15, -0.1) is 0 Å². The average molecular weight is 230 g/mol. The molecule has 0 unspecified atom stereocenters. The Bertz CT molecular complexity index is 438. The number of nitrogens with zero attached hydrogens (tertiary/aromatic N) is 2. The van der Waals surface area contributed by atoms with Crippen molar-refractivity contribution >= 4 is 11.4 Å². The van der Waals surface area contributed by atoms with Crippen LogP contribution in [-0.2, 0) is 0 Å². The smallest absolute Gasteiger partial charge is 0.0906 e. The van der Waals surface area contributed by atoms with Gasteiger partial charge in [-0.1, -0.05) is 29.8 Å². The van der Waals surface area contributed by atoms with Gasteiger partial charge in [-0.25, -0.2) is 0 Å². The third kappa shape index (κ3) is 1.90. The third-order valence-electron chi connectivity index (χ3n) is 4.00. The molecule has 0 bridgehead atoms. The van der Waals surface area contributed by atoms with Crippen LogP contribution in [0.4, 0.5) is 5.69 Å². The van der Waals surface area contributed by atoms with E-state index >= 15 is 0 Å². The number of para-hydroxylation sites is 1. The number of fused-ring (bicyclic) bond motifs is 1. The Morgan fingerprint density at radius 2 is 2.12 bits per heavy atom. The lowest BCUT2D eigenvalue weighted by Crippen LogP contribution is -2.37. The molecule has 1 aromatic rings. The molecule has 0 spiro atoms. The quantitative estimate of drug-likeness (QED) is 0.626. The summed E-state index contributed by atoms with van der Waals surface area (Å²) in [6, 6.07) is 8.26. The molecule has 3 heteroatoms. The number of hydrogen-bond acceptors (Lipinski definition) is 3. The van der Waals surface area contributed by atoms with Crippen LogP contribution < -0.4 is 4.90 Å². The minimum atomic E-state index is 0.824. The largest absolute Gasteiger partial charge is 0.411 e. The zero-order chi connectivity index (χ0) is 11.7. The molecule has 90 valence electrons. The summed E-state index contributed by atoms with van der Waals surface area (Å²) in [4.78, 5) is 2.45. The van der Waals surface area contributed by atoms with E-state index in [4.69, 9.17) is 5.21 Å². The zero-order valence-electron chi connectivity index (χ0n) is 9.97. The molecule has 0 aromatic heterocycles. The molecule has 3 nitrogen and oxygen atoms in total. The van der Waals surface area contributed by atoms with Crippen LogP contribution in [0.5, 0.6) is 0 Å². The van der Waals surface area contributed by atoms with Crippen molar-refractivity contribution in [1.82, 2.24) is 0 Å². The molecule has 1 fully saturated rings. The van der Waals surface area contributed by atoms with E-state index in [9.17, 15) is 0 Å². The predicted molar refractivity (Wildman–Crippen MR) is 68.9 cm³/mol. The van der Waals surface area contributed by atoms with Gasteiger partial charge in [-0.3, -0.25) is 0 Å². The highest BCUT2D eigenvalue weighted by molar-refractivity contribution is 6.06. The van der Waals surface area contributed by atoms with Crippen molar-refractivity contribution in [3.63, 3.8) is 0 Å². The summed E-state index contributed by atoms with van der Waals surface area (Å²) in [6.45, 7) is 2.14. The summed E-state index contributed by atoms with van der Waals surface area (Å²) in [5.41, 5.74) is 3.16. The highest BCUT2D eigenvalue weighted by Crippen LogP contribution is 2.32. The topological polar surface area (TPSA) is 35.8 Å². The van der Waals surface area contributed by atoms with Crippen LogP contribution in [0.25, 0.3) is 0 Å². The molecular formula is C14H18N2O. The molecule has 0 amide bonds. The van der Waals surface area contributed by atoms with Gasteiger partial charge in [0.15, 0.2) is 0 Å². The Morgan fingerprint density at radius 3 is 2.82 bits per heavy atom. The van der Waals surface area contributed by atoms with Crippen molar-refractivity contribution in [3.05, 3.63) is 29.8 Å². The van der Waals surface area contributed by atoms with Gasteiger partial charge in [0.1, 0.15) is 0 Å². The van der Waals surface area contributed by atoms with Crippen LogP contribution in [0.1, 0.15) is 31.2 Å². The van der Waals surface area contributed by atoms with E-state index < -0.39 is 0 Å². The van der Waals surface area contributed by atoms with Gasteiger partial charge in [0.05, 0.1) is 5.71 Å².